The fourth-order valence-corrected chi connectivity index (χ4v) is 3.86. The maximum Gasteiger partial charge on any atom is 0.410 e. The van der Waals surface area contributed by atoms with Crippen molar-refractivity contribution in [2.24, 2.45) is 0 Å². The summed E-state index contributed by atoms with van der Waals surface area (Å²) in [6, 6.07) is 13.6. The normalized spacial score (nSPS) is 21.5. The van der Waals surface area contributed by atoms with E-state index in [2.05, 4.69) is 0 Å². The van der Waals surface area contributed by atoms with E-state index < -0.39 is 11.6 Å². The maximum atomic E-state index is 14.1. The van der Waals surface area contributed by atoms with Gasteiger partial charge in [-0.1, -0.05) is 48.5 Å². The van der Waals surface area contributed by atoms with Gasteiger partial charge < -0.3 is 4.74 Å². The zero-order valence-corrected chi connectivity index (χ0v) is 14.2. The van der Waals surface area contributed by atoms with E-state index in [9.17, 15) is 13.6 Å². The molecule has 2 aliphatic rings. The Morgan fingerprint density at radius 3 is 2.65 bits per heavy atom. The number of benzene rings is 2. The first-order chi connectivity index (χ1) is 12.6. The number of carbonyl (C=O) groups excluding carboxylic acids is 1. The summed E-state index contributed by atoms with van der Waals surface area (Å²) in [5.74, 6) is -1.67. The molecule has 0 spiro atoms. The predicted molar refractivity (Wildman–Crippen MR) is 94.2 cm³/mol. The summed E-state index contributed by atoms with van der Waals surface area (Å²) in [6.45, 7) is 0.227. The van der Waals surface area contributed by atoms with Crippen molar-refractivity contribution in [3.63, 3.8) is 0 Å². The van der Waals surface area contributed by atoms with Crippen LogP contribution in [0.15, 0.2) is 54.6 Å². The molecule has 5 heteroatoms. The van der Waals surface area contributed by atoms with Crippen LogP contribution in [0.4, 0.5) is 13.6 Å². The molecular formula is C21H19F2NO2. The van der Waals surface area contributed by atoms with E-state index >= 15 is 0 Å². The first-order valence-electron chi connectivity index (χ1n) is 8.77. The van der Waals surface area contributed by atoms with Crippen LogP contribution in [0.3, 0.4) is 0 Å². The summed E-state index contributed by atoms with van der Waals surface area (Å²) in [6.07, 6.45) is 3.69. The van der Waals surface area contributed by atoms with Gasteiger partial charge in [0.15, 0.2) is 11.6 Å². The van der Waals surface area contributed by atoms with Gasteiger partial charge in [0.05, 0.1) is 6.04 Å². The van der Waals surface area contributed by atoms with Gasteiger partial charge in [0.25, 0.3) is 0 Å². The van der Waals surface area contributed by atoms with Crippen molar-refractivity contribution in [2.45, 2.75) is 38.0 Å². The van der Waals surface area contributed by atoms with E-state index in [1.54, 1.807) is 11.0 Å². The molecule has 0 saturated carbocycles. The highest BCUT2D eigenvalue weighted by atomic mass is 19.2. The van der Waals surface area contributed by atoms with Crippen molar-refractivity contribution in [3.8, 4) is 0 Å². The fourth-order valence-electron chi connectivity index (χ4n) is 3.86. The lowest BCUT2D eigenvalue weighted by Gasteiger charge is -2.33. The molecule has 2 aromatic rings. The summed E-state index contributed by atoms with van der Waals surface area (Å²) < 4.78 is 33.1. The highest BCUT2D eigenvalue weighted by Crippen LogP contribution is 2.39. The number of rotatable bonds is 3. The van der Waals surface area contributed by atoms with Crippen LogP contribution in [-0.2, 0) is 11.3 Å². The van der Waals surface area contributed by atoms with Crippen LogP contribution in [0, 0.1) is 11.6 Å². The standard InChI is InChI=1S/C21H19F2NO2/c22-19-8-4-7-18(20(19)23)15-11-16-9-10-17(12-15)24(16)21(25)26-13-14-5-2-1-3-6-14/h1-8,11,16-17H,9-10,12-13H2. The molecule has 1 amide bonds. The molecule has 0 aromatic heterocycles. The van der Waals surface area contributed by atoms with E-state index in [4.69, 9.17) is 4.74 Å². The van der Waals surface area contributed by atoms with Crippen LogP contribution in [0.2, 0.25) is 0 Å². The fraction of sp³-hybridized carbons (Fsp3) is 0.286. The van der Waals surface area contributed by atoms with Gasteiger partial charge in [0, 0.05) is 11.6 Å². The van der Waals surface area contributed by atoms with Gasteiger partial charge >= 0.3 is 6.09 Å². The number of fused-ring (bicyclic) bond motifs is 2. The van der Waals surface area contributed by atoms with Crippen molar-refractivity contribution < 1.29 is 18.3 Å². The summed E-state index contributed by atoms with van der Waals surface area (Å²) >= 11 is 0. The number of ether oxygens (including phenoxy) is 1. The Balaban J connectivity index is 1.50. The van der Waals surface area contributed by atoms with Crippen LogP contribution in [0.5, 0.6) is 0 Å². The Morgan fingerprint density at radius 2 is 1.88 bits per heavy atom. The summed E-state index contributed by atoms with van der Waals surface area (Å²) in [5, 5.41) is 0. The Bertz CT molecular complexity index is 850. The SMILES string of the molecule is O=C(OCc1ccccc1)N1C2C=C(c3cccc(F)c3F)CC1CC2. The molecule has 1 saturated heterocycles. The van der Waals surface area contributed by atoms with E-state index in [0.717, 1.165) is 30.0 Å². The lowest BCUT2D eigenvalue weighted by molar-refractivity contribution is 0.0832. The molecule has 4 rings (SSSR count). The van der Waals surface area contributed by atoms with Crippen LogP contribution < -0.4 is 0 Å². The third-order valence-electron chi connectivity index (χ3n) is 5.11. The highest BCUT2D eigenvalue weighted by Gasteiger charge is 2.41. The molecule has 2 unspecified atom stereocenters. The Labute approximate surface area is 150 Å². The monoisotopic (exact) mass is 355 g/mol. The van der Waals surface area contributed by atoms with E-state index in [0.29, 0.717) is 12.0 Å². The average Bonchev–Trinajstić information content (AvgIpc) is 2.93. The largest absolute Gasteiger partial charge is 0.445 e. The number of amides is 1. The lowest BCUT2D eigenvalue weighted by atomic mass is 9.94. The molecule has 2 bridgehead atoms. The molecule has 0 N–H and O–H groups in total. The number of hydrogen-bond acceptors (Lipinski definition) is 2. The first-order valence-corrected chi connectivity index (χ1v) is 8.77. The molecular weight excluding hydrogens is 336 g/mol. The van der Waals surface area contributed by atoms with Crippen LogP contribution >= 0.6 is 0 Å². The Kier molecular flexibility index (Phi) is 4.45. The van der Waals surface area contributed by atoms with Crippen molar-refractivity contribution in [1.29, 1.82) is 0 Å². The van der Waals surface area contributed by atoms with Gasteiger partial charge in [0.2, 0.25) is 0 Å². The van der Waals surface area contributed by atoms with Crippen LogP contribution in [-0.4, -0.2) is 23.1 Å². The minimum atomic E-state index is -0.847. The minimum absolute atomic E-state index is 0.0362. The van der Waals surface area contributed by atoms with Gasteiger partial charge in [-0.25, -0.2) is 13.6 Å². The second-order valence-electron chi connectivity index (χ2n) is 6.74. The quantitative estimate of drug-likeness (QED) is 0.782. The van der Waals surface area contributed by atoms with Gasteiger partial charge in [-0.2, -0.15) is 0 Å². The molecule has 1 fully saturated rings. The van der Waals surface area contributed by atoms with Crippen molar-refractivity contribution in [3.05, 3.63) is 77.4 Å². The van der Waals surface area contributed by atoms with Crippen molar-refractivity contribution in [2.75, 3.05) is 0 Å². The maximum absolute atomic E-state index is 14.1. The van der Waals surface area contributed by atoms with Crippen LogP contribution in [0.25, 0.3) is 5.57 Å². The van der Waals surface area contributed by atoms with Crippen molar-refractivity contribution >= 4 is 11.7 Å². The second-order valence-corrected chi connectivity index (χ2v) is 6.74. The Morgan fingerprint density at radius 1 is 1.08 bits per heavy atom. The summed E-state index contributed by atoms with van der Waals surface area (Å²) in [4.78, 5) is 14.3. The molecule has 26 heavy (non-hydrogen) atoms. The van der Waals surface area contributed by atoms with Crippen LogP contribution in [0.1, 0.15) is 30.4 Å². The minimum Gasteiger partial charge on any atom is -0.445 e. The van der Waals surface area contributed by atoms with E-state index in [1.807, 2.05) is 36.4 Å². The van der Waals surface area contributed by atoms with Gasteiger partial charge in [0.1, 0.15) is 6.61 Å². The topological polar surface area (TPSA) is 29.5 Å². The molecule has 134 valence electrons. The van der Waals surface area contributed by atoms with E-state index in [1.165, 1.54) is 6.07 Å². The zero-order valence-electron chi connectivity index (χ0n) is 14.2. The zero-order chi connectivity index (χ0) is 18.1. The summed E-state index contributed by atoms with van der Waals surface area (Å²) in [5.41, 5.74) is 1.99. The number of hydrogen-bond donors (Lipinski definition) is 0. The molecule has 0 aliphatic carbocycles. The van der Waals surface area contributed by atoms with Gasteiger partial charge in [-0.05, 0) is 36.5 Å². The average molecular weight is 355 g/mol. The molecule has 2 aliphatic heterocycles. The second kappa shape index (κ2) is 6.90. The van der Waals surface area contributed by atoms with Gasteiger partial charge in [-0.3, -0.25) is 4.90 Å². The Hall–Kier alpha value is -2.69. The molecule has 2 heterocycles. The smallest absolute Gasteiger partial charge is 0.410 e. The summed E-state index contributed by atoms with van der Waals surface area (Å²) in [7, 11) is 0. The number of carbonyl (C=O) groups is 1. The molecule has 0 radical (unpaired) electrons. The third kappa shape index (κ3) is 3.09. The molecule has 2 aromatic carbocycles. The predicted octanol–water partition coefficient (Wildman–Crippen LogP) is 4.92. The lowest BCUT2D eigenvalue weighted by Crippen LogP contribution is -2.43. The molecule has 2 atom stereocenters. The first kappa shape index (κ1) is 16.8. The molecule has 3 nitrogen and oxygen atoms in total. The third-order valence-corrected chi connectivity index (χ3v) is 5.11. The highest BCUT2D eigenvalue weighted by molar-refractivity contribution is 5.75. The van der Waals surface area contributed by atoms with Gasteiger partial charge in [-0.15, -0.1) is 0 Å². The van der Waals surface area contributed by atoms with Crippen molar-refractivity contribution in [1.82, 2.24) is 4.90 Å². The van der Waals surface area contributed by atoms with E-state index in [-0.39, 0.29) is 24.8 Å². The number of nitrogens with zero attached hydrogens (tertiary/aromatic N) is 1. The number of halogens is 2.